The van der Waals surface area contributed by atoms with E-state index in [1.807, 2.05) is 6.92 Å². The van der Waals surface area contributed by atoms with E-state index in [0.717, 1.165) is 0 Å². The SMILES string of the molecule is CCNc1nc2ccc(OC(F)(F)F)cc2s1. The van der Waals surface area contributed by atoms with Gasteiger partial charge in [0.2, 0.25) is 0 Å². The molecule has 1 N–H and O–H groups in total. The van der Waals surface area contributed by atoms with Gasteiger partial charge in [-0.15, -0.1) is 13.2 Å². The summed E-state index contributed by atoms with van der Waals surface area (Å²) in [6, 6.07) is 4.10. The van der Waals surface area contributed by atoms with E-state index in [4.69, 9.17) is 0 Å². The molecular formula is C10H9F3N2OS. The smallest absolute Gasteiger partial charge is 0.406 e. The first-order valence-electron chi connectivity index (χ1n) is 4.88. The molecular weight excluding hydrogens is 253 g/mol. The zero-order chi connectivity index (χ0) is 12.5. The Morgan fingerprint density at radius 2 is 2.18 bits per heavy atom. The molecule has 0 saturated carbocycles. The molecule has 92 valence electrons. The molecule has 2 aromatic rings. The van der Waals surface area contributed by atoms with Crippen LogP contribution >= 0.6 is 11.3 Å². The van der Waals surface area contributed by atoms with Crippen molar-refractivity contribution in [2.24, 2.45) is 0 Å². The molecule has 0 amide bonds. The van der Waals surface area contributed by atoms with Gasteiger partial charge in [-0.3, -0.25) is 0 Å². The molecule has 0 fully saturated rings. The van der Waals surface area contributed by atoms with Gasteiger partial charge in [0, 0.05) is 12.6 Å². The fraction of sp³-hybridized carbons (Fsp3) is 0.300. The number of hydrogen-bond acceptors (Lipinski definition) is 4. The van der Waals surface area contributed by atoms with E-state index in [0.29, 0.717) is 21.9 Å². The quantitative estimate of drug-likeness (QED) is 0.917. The number of benzene rings is 1. The van der Waals surface area contributed by atoms with Crippen LogP contribution in [0.25, 0.3) is 10.2 Å². The van der Waals surface area contributed by atoms with Crippen molar-refractivity contribution in [3.05, 3.63) is 18.2 Å². The van der Waals surface area contributed by atoms with Crippen molar-refractivity contribution in [1.29, 1.82) is 0 Å². The van der Waals surface area contributed by atoms with Crippen molar-refractivity contribution in [3.63, 3.8) is 0 Å². The molecule has 17 heavy (non-hydrogen) atoms. The number of rotatable bonds is 3. The Morgan fingerprint density at radius 1 is 1.41 bits per heavy atom. The molecule has 0 unspecified atom stereocenters. The number of ether oxygens (including phenoxy) is 1. The summed E-state index contributed by atoms with van der Waals surface area (Å²) in [7, 11) is 0. The Morgan fingerprint density at radius 3 is 2.82 bits per heavy atom. The number of fused-ring (bicyclic) bond motifs is 1. The van der Waals surface area contributed by atoms with Crippen molar-refractivity contribution in [2.45, 2.75) is 13.3 Å². The largest absolute Gasteiger partial charge is 0.573 e. The molecule has 0 atom stereocenters. The molecule has 0 bridgehead atoms. The first kappa shape index (κ1) is 12.0. The van der Waals surface area contributed by atoms with Crippen LogP contribution in [0.15, 0.2) is 18.2 Å². The number of thiazole rings is 1. The highest BCUT2D eigenvalue weighted by Gasteiger charge is 2.31. The minimum Gasteiger partial charge on any atom is -0.406 e. The Kier molecular flexibility index (Phi) is 3.10. The topological polar surface area (TPSA) is 34.2 Å². The van der Waals surface area contributed by atoms with Gasteiger partial charge in [-0.1, -0.05) is 11.3 Å². The molecule has 1 aromatic heterocycles. The van der Waals surface area contributed by atoms with E-state index in [2.05, 4.69) is 15.0 Å². The summed E-state index contributed by atoms with van der Waals surface area (Å²) in [4.78, 5) is 4.21. The summed E-state index contributed by atoms with van der Waals surface area (Å²) in [5.74, 6) is -0.225. The van der Waals surface area contributed by atoms with Crippen molar-refractivity contribution in [2.75, 3.05) is 11.9 Å². The number of nitrogens with one attached hydrogen (secondary N) is 1. The maximum atomic E-state index is 12.0. The second-order valence-corrected chi connectivity index (χ2v) is 4.26. The summed E-state index contributed by atoms with van der Waals surface area (Å²) in [5.41, 5.74) is 0.653. The molecule has 0 aliphatic rings. The van der Waals surface area contributed by atoms with Gasteiger partial charge in [0.25, 0.3) is 0 Å². The lowest BCUT2D eigenvalue weighted by Crippen LogP contribution is -2.16. The van der Waals surface area contributed by atoms with Gasteiger partial charge in [0.15, 0.2) is 5.13 Å². The highest BCUT2D eigenvalue weighted by atomic mass is 32.1. The molecule has 2 rings (SSSR count). The van der Waals surface area contributed by atoms with Gasteiger partial charge in [-0.05, 0) is 19.1 Å². The normalized spacial score (nSPS) is 11.8. The van der Waals surface area contributed by atoms with Crippen LogP contribution in [0.3, 0.4) is 0 Å². The van der Waals surface area contributed by atoms with Crippen molar-refractivity contribution in [1.82, 2.24) is 4.98 Å². The zero-order valence-corrected chi connectivity index (χ0v) is 9.65. The van der Waals surface area contributed by atoms with E-state index >= 15 is 0 Å². The summed E-state index contributed by atoms with van der Waals surface area (Å²) in [6.07, 6.45) is -4.66. The molecule has 0 aliphatic carbocycles. The van der Waals surface area contributed by atoms with Crippen molar-refractivity contribution < 1.29 is 17.9 Å². The summed E-state index contributed by atoms with van der Waals surface area (Å²) in [6.45, 7) is 2.63. The van der Waals surface area contributed by atoms with Gasteiger partial charge in [0.05, 0.1) is 10.2 Å². The molecule has 1 aromatic carbocycles. The monoisotopic (exact) mass is 262 g/mol. The lowest BCUT2D eigenvalue weighted by molar-refractivity contribution is -0.274. The van der Waals surface area contributed by atoms with Crippen LogP contribution < -0.4 is 10.1 Å². The van der Waals surface area contributed by atoms with Gasteiger partial charge < -0.3 is 10.1 Å². The molecule has 3 nitrogen and oxygen atoms in total. The van der Waals surface area contributed by atoms with E-state index in [1.165, 1.54) is 29.5 Å². The number of anilines is 1. The summed E-state index contributed by atoms with van der Waals surface area (Å²) in [5, 5.41) is 3.70. The van der Waals surface area contributed by atoms with Crippen molar-refractivity contribution >= 4 is 26.7 Å². The molecule has 0 spiro atoms. The van der Waals surface area contributed by atoms with Crippen LogP contribution in [0.5, 0.6) is 5.75 Å². The lowest BCUT2D eigenvalue weighted by Gasteiger charge is -2.07. The molecule has 0 aliphatic heterocycles. The molecule has 7 heteroatoms. The predicted molar refractivity (Wildman–Crippen MR) is 60.5 cm³/mol. The third-order valence-electron chi connectivity index (χ3n) is 1.92. The third kappa shape index (κ3) is 3.00. The van der Waals surface area contributed by atoms with E-state index in [1.54, 1.807) is 0 Å². The van der Waals surface area contributed by atoms with Gasteiger partial charge in [0.1, 0.15) is 5.75 Å². The van der Waals surface area contributed by atoms with E-state index in [9.17, 15) is 13.2 Å². The number of nitrogens with zero attached hydrogens (tertiary/aromatic N) is 1. The Balaban J connectivity index is 2.30. The first-order valence-corrected chi connectivity index (χ1v) is 5.70. The standard InChI is InChI=1S/C10H9F3N2OS/c1-2-14-9-15-7-4-3-6(5-8(7)17-9)16-10(11,12)13/h3-5H,2H2,1H3,(H,14,15). The van der Waals surface area contributed by atoms with Gasteiger partial charge in [-0.2, -0.15) is 0 Å². The van der Waals surface area contributed by atoms with Gasteiger partial charge in [-0.25, -0.2) is 4.98 Å². The van der Waals surface area contributed by atoms with E-state index in [-0.39, 0.29) is 5.75 Å². The maximum Gasteiger partial charge on any atom is 0.573 e. The molecule has 0 radical (unpaired) electrons. The number of alkyl halides is 3. The van der Waals surface area contributed by atoms with Crippen LogP contribution in [0, 0.1) is 0 Å². The minimum atomic E-state index is -4.66. The minimum absolute atomic E-state index is 0.225. The maximum absolute atomic E-state index is 12.0. The van der Waals surface area contributed by atoms with Crippen LogP contribution in [0.4, 0.5) is 18.3 Å². The fourth-order valence-electron chi connectivity index (χ4n) is 1.33. The number of hydrogen-bond donors (Lipinski definition) is 1. The Labute approximate surface area is 99.2 Å². The van der Waals surface area contributed by atoms with Crippen LogP contribution in [-0.4, -0.2) is 17.9 Å². The molecule has 1 heterocycles. The van der Waals surface area contributed by atoms with Crippen LogP contribution in [0.1, 0.15) is 6.92 Å². The predicted octanol–water partition coefficient (Wildman–Crippen LogP) is 3.63. The highest BCUT2D eigenvalue weighted by molar-refractivity contribution is 7.22. The second kappa shape index (κ2) is 4.40. The fourth-order valence-corrected chi connectivity index (χ4v) is 2.29. The first-order chi connectivity index (χ1) is 7.98. The third-order valence-corrected chi connectivity index (χ3v) is 2.90. The second-order valence-electron chi connectivity index (χ2n) is 3.23. The average Bonchev–Trinajstić information content (AvgIpc) is 2.57. The van der Waals surface area contributed by atoms with E-state index < -0.39 is 6.36 Å². The summed E-state index contributed by atoms with van der Waals surface area (Å²) >= 11 is 1.29. The van der Waals surface area contributed by atoms with Gasteiger partial charge >= 0.3 is 6.36 Å². The van der Waals surface area contributed by atoms with Crippen LogP contribution in [0.2, 0.25) is 0 Å². The number of aromatic nitrogens is 1. The Bertz CT molecular complexity index is 524. The number of halogens is 3. The lowest BCUT2D eigenvalue weighted by atomic mass is 10.3. The highest BCUT2D eigenvalue weighted by Crippen LogP contribution is 2.31. The summed E-state index contributed by atoms with van der Waals surface area (Å²) < 4.78 is 40.6. The van der Waals surface area contributed by atoms with Crippen LogP contribution in [-0.2, 0) is 0 Å². The van der Waals surface area contributed by atoms with Crippen molar-refractivity contribution in [3.8, 4) is 5.75 Å². The molecule has 0 saturated heterocycles. The average molecular weight is 262 g/mol. The Hall–Kier alpha value is -1.50. The zero-order valence-electron chi connectivity index (χ0n) is 8.84.